The lowest BCUT2D eigenvalue weighted by atomic mass is 10.1. The Morgan fingerprint density at radius 2 is 1.79 bits per heavy atom. The zero-order valence-corrected chi connectivity index (χ0v) is 20.1. The van der Waals surface area contributed by atoms with Gasteiger partial charge in [0.1, 0.15) is 11.3 Å². The van der Waals surface area contributed by atoms with Crippen LogP contribution in [0, 0.1) is 6.92 Å². The van der Waals surface area contributed by atoms with Crippen LogP contribution >= 0.6 is 12.2 Å². The number of hydrogen-bond acceptors (Lipinski definition) is 5. The topological polar surface area (TPSA) is 72.8 Å². The van der Waals surface area contributed by atoms with Gasteiger partial charge in [-0.2, -0.15) is 0 Å². The van der Waals surface area contributed by atoms with Gasteiger partial charge in [-0.05, 0) is 49.8 Å². The first-order chi connectivity index (χ1) is 16.5. The van der Waals surface area contributed by atoms with Crippen LogP contribution in [0.1, 0.15) is 17.5 Å². The molecular formula is C26H27N3O4S. The molecule has 0 bridgehead atoms. The van der Waals surface area contributed by atoms with Gasteiger partial charge in [-0.1, -0.05) is 35.9 Å². The number of carbonyl (C=O) groups excluding carboxylic acids is 2. The number of ether oxygens (including phenoxy) is 2. The van der Waals surface area contributed by atoms with Crippen molar-refractivity contribution < 1.29 is 19.1 Å². The van der Waals surface area contributed by atoms with E-state index in [2.05, 4.69) is 9.88 Å². The molecule has 0 aliphatic carbocycles. The number of hydrogen-bond donors (Lipinski definition) is 1. The van der Waals surface area contributed by atoms with Crippen molar-refractivity contribution in [2.45, 2.75) is 19.9 Å². The normalized spacial score (nSPS) is 15.3. The van der Waals surface area contributed by atoms with Crippen LogP contribution in [-0.4, -0.2) is 53.3 Å². The molecule has 8 heteroatoms. The number of aryl methyl sites for hydroxylation is 2. The fraction of sp³-hybridized carbons (Fsp3) is 0.269. The van der Waals surface area contributed by atoms with E-state index in [9.17, 15) is 9.59 Å². The van der Waals surface area contributed by atoms with E-state index in [0.29, 0.717) is 13.2 Å². The highest BCUT2D eigenvalue weighted by Gasteiger charge is 2.33. The van der Waals surface area contributed by atoms with Gasteiger partial charge in [-0.3, -0.25) is 19.8 Å². The lowest BCUT2D eigenvalue weighted by Crippen LogP contribution is -2.54. The Morgan fingerprint density at radius 3 is 2.56 bits per heavy atom. The fourth-order valence-corrected chi connectivity index (χ4v) is 4.14. The first kappa shape index (κ1) is 23.7. The Labute approximate surface area is 203 Å². The van der Waals surface area contributed by atoms with Gasteiger partial charge in [0.2, 0.25) is 0 Å². The van der Waals surface area contributed by atoms with Crippen molar-refractivity contribution in [3.63, 3.8) is 0 Å². The quantitative estimate of drug-likeness (QED) is 0.220. The zero-order valence-electron chi connectivity index (χ0n) is 19.2. The molecule has 1 aliphatic heterocycles. The van der Waals surface area contributed by atoms with E-state index in [1.54, 1.807) is 13.2 Å². The Kier molecular flexibility index (Phi) is 7.40. The van der Waals surface area contributed by atoms with Crippen LogP contribution < -0.4 is 10.1 Å². The number of nitrogens with one attached hydrogen (secondary N) is 1. The van der Waals surface area contributed by atoms with Crippen molar-refractivity contribution in [3.05, 3.63) is 71.4 Å². The fourth-order valence-electron chi connectivity index (χ4n) is 3.87. The van der Waals surface area contributed by atoms with Crippen molar-refractivity contribution >= 4 is 46.1 Å². The van der Waals surface area contributed by atoms with E-state index >= 15 is 0 Å². The molecule has 2 aromatic carbocycles. The van der Waals surface area contributed by atoms with Crippen LogP contribution in [0.3, 0.4) is 0 Å². The number of amides is 2. The maximum Gasteiger partial charge on any atom is 0.265 e. The van der Waals surface area contributed by atoms with Crippen molar-refractivity contribution in [2.24, 2.45) is 0 Å². The molecule has 2 amide bonds. The van der Waals surface area contributed by atoms with Crippen LogP contribution in [0.4, 0.5) is 0 Å². The summed E-state index contributed by atoms with van der Waals surface area (Å²) >= 11 is 5.17. The standard InChI is InChI=1S/C26H27N3O4S/c1-18-8-10-20(11-9-18)33-14-5-12-28-17-19(21-6-3-4-7-23(21)28)16-22-24(30)27-26(34)29(25(22)31)13-15-32-2/h3-4,6-11,16-17H,5,12-15H2,1-2H3,(H,27,30,34). The number of fused-ring (bicyclic) bond motifs is 1. The third-order valence-electron chi connectivity index (χ3n) is 5.66. The maximum absolute atomic E-state index is 13.0. The molecule has 0 unspecified atom stereocenters. The summed E-state index contributed by atoms with van der Waals surface area (Å²) in [6, 6.07) is 15.9. The molecule has 1 fully saturated rings. The smallest absolute Gasteiger partial charge is 0.265 e. The van der Waals surface area contributed by atoms with Crippen LogP contribution in [-0.2, 0) is 20.9 Å². The summed E-state index contributed by atoms with van der Waals surface area (Å²) in [7, 11) is 1.55. The minimum Gasteiger partial charge on any atom is -0.494 e. The lowest BCUT2D eigenvalue weighted by molar-refractivity contribution is -0.129. The molecule has 1 saturated heterocycles. The Balaban J connectivity index is 1.53. The number of thiocarbonyl (C=S) groups is 1. The third kappa shape index (κ3) is 5.18. The molecule has 4 rings (SSSR count). The first-order valence-corrected chi connectivity index (χ1v) is 11.5. The summed E-state index contributed by atoms with van der Waals surface area (Å²) in [5.41, 5.74) is 3.07. The van der Waals surface area contributed by atoms with Gasteiger partial charge in [-0.15, -0.1) is 0 Å². The Morgan fingerprint density at radius 1 is 1.03 bits per heavy atom. The van der Waals surface area contributed by atoms with Crippen molar-refractivity contribution in [1.82, 2.24) is 14.8 Å². The monoisotopic (exact) mass is 477 g/mol. The highest BCUT2D eigenvalue weighted by Crippen LogP contribution is 2.25. The van der Waals surface area contributed by atoms with E-state index in [4.69, 9.17) is 21.7 Å². The van der Waals surface area contributed by atoms with Crippen molar-refractivity contribution in [1.29, 1.82) is 0 Å². The number of carbonyl (C=O) groups is 2. The zero-order chi connectivity index (χ0) is 24.1. The summed E-state index contributed by atoms with van der Waals surface area (Å²) in [5.74, 6) is -0.0627. The SMILES string of the molecule is COCCN1C(=O)C(=Cc2cn(CCCOc3ccc(C)cc3)c3ccccc23)C(=O)NC1=S. The summed E-state index contributed by atoms with van der Waals surface area (Å²) in [6.07, 6.45) is 4.42. The number of benzene rings is 2. The molecular weight excluding hydrogens is 450 g/mol. The second kappa shape index (κ2) is 10.6. The number of para-hydroxylation sites is 1. The maximum atomic E-state index is 13.0. The van der Waals surface area contributed by atoms with Gasteiger partial charge in [0.05, 0.1) is 19.8 Å². The number of nitrogens with zero attached hydrogens (tertiary/aromatic N) is 2. The van der Waals surface area contributed by atoms with Gasteiger partial charge >= 0.3 is 0 Å². The molecule has 7 nitrogen and oxygen atoms in total. The van der Waals surface area contributed by atoms with Crippen LogP contribution in [0.15, 0.2) is 60.3 Å². The highest BCUT2D eigenvalue weighted by atomic mass is 32.1. The summed E-state index contributed by atoms with van der Waals surface area (Å²) in [4.78, 5) is 26.9. The van der Waals surface area contributed by atoms with E-state index < -0.39 is 11.8 Å². The van der Waals surface area contributed by atoms with Crippen molar-refractivity contribution in [2.75, 3.05) is 26.9 Å². The Hall–Kier alpha value is -3.49. The number of methoxy groups -OCH3 is 1. The van der Waals surface area contributed by atoms with Crippen LogP contribution in [0.2, 0.25) is 0 Å². The molecule has 1 aliphatic rings. The summed E-state index contributed by atoms with van der Waals surface area (Å²) in [5, 5.41) is 3.67. The second-order valence-corrected chi connectivity index (χ2v) is 8.46. The van der Waals surface area contributed by atoms with Gasteiger partial charge in [0.25, 0.3) is 11.8 Å². The lowest BCUT2D eigenvalue weighted by Gasteiger charge is -2.28. The number of aromatic nitrogens is 1. The summed E-state index contributed by atoms with van der Waals surface area (Å²) in [6.45, 7) is 3.95. The molecule has 176 valence electrons. The van der Waals surface area contributed by atoms with Gasteiger partial charge in [0.15, 0.2) is 5.11 Å². The van der Waals surface area contributed by atoms with Crippen LogP contribution in [0.25, 0.3) is 17.0 Å². The molecule has 0 saturated carbocycles. The predicted molar refractivity (Wildman–Crippen MR) is 136 cm³/mol. The third-order valence-corrected chi connectivity index (χ3v) is 5.98. The molecule has 2 heterocycles. The van der Waals surface area contributed by atoms with Gasteiger partial charge in [-0.25, -0.2) is 0 Å². The molecule has 0 spiro atoms. The van der Waals surface area contributed by atoms with E-state index in [1.807, 2.05) is 61.7 Å². The minimum atomic E-state index is -0.494. The van der Waals surface area contributed by atoms with E-state index in [1.165, 1.54) is 10.5 Å². The molecule has 1 aromatic heterocycles. The van der Waals surface area contributed by atoms with E-state index in [-0.39, 0.29) is 17.2 Å². The molecule has 1 N–H and O–H groups in total. The van der Waals surface area contributed by atoms with E-state index in [0.717, 1.165) is 35.2 Å². The number of rotatable bonds is 9. The molecule has 0 atom stereocenters. The first-order valence-electron chi connectivity index (χ1n) is 11.1. The second-order valence-electron chi connectivity index (χ2n) is 8.08. The largest absolute Gasteiger partial charge is 0.494 e. The summed E-state index contributed by atoms with van der Waals surface area (Å²) < 4.78 is 13.0. The average Bonchev–Trinajstić information content (AvgIpc) is 3.18. The van der Waals surface area contributed by atoms with Gasteiger partial charge in [0, 0.05) is 36.3 Å². The minimum absolute atomic E-state index is 0.0512. The predicted octanol–water partition coefficient (Wildman–Crippen LogP) is 3.69. The highest BCUT2D eigenvalue weighted by molar-refractivity contribution is 7.80. The van der Waals surface area contributed by atoms with Crippen LogP contribution in [0.5, 0.6) is 5.75 Å². The molecule has 0 radical (unpaired) electrons. The Bertz CT molecular complexity index is 1250. The molecule has 3 aromatic rings. The molecule has 34 heavy (non-hydrogen) atoms. The average molecular weight is 478 g/mol. The van der Waals surface area contributed by atoms with Gasteiger partial charge < -0.3 is 14.0 Å². The van der Waals surface area contributed by atoms with Crippen molar-refractivity contribution in [3.8, 4) is 5.75 Å².